The first-order chi connectivity index (χ1) is 13.1. The van der Waals surface area contributed by atoms with Gasteiger partial charge in [-0.25, -0.2) is 12.7 Å². The molecule has 2 aliphatic rings. The lowest BCUT2D eigenvalue weighted by Crippen LogP contribution is -2.48. The molecule has 0 N–H and O–H groups in total. The summed E-state index contributed by atoms with van der Waals surface area (Å²) < 4.78 is 26.3. The van der Waals surface area contributed by atoms with Crippen LogP contribution in [0.15, 0.2) is 30.3 Å². The number of piperazine rings is 1. The first-order valence-corrected chi connectivity index (χ1v) is 11.7. The van der Waals surface area contributed by atoms with Gasteiger partial charge in [-0.3, -0.25) is 4.79 Å². The average Bonchev–Trinajstić information content (AvgIpc) is 2.72. The molecule has 0 unspecified atom stereocenters. The first-order valence-electron chi connectivity index (χ1n) is 10.1. The maximum atomic E-state index is 12.4. The van der Waals surface area contributed by atoms with Crippen LogP contribution in [-0.4, -0.2) is 68.6 Å². The van der Waals surface area contributed by atoms with E-state index in [2.05, 4.69) is 17.0 Å². The minimum Gasteiger partial charge on any atom is -0.368 e. The molecular weight excluding hydrogens is 362 g/mol. The van der Waals surface area contributed by atoms with E-state index in [1.807, 2.05) is 23.1 Å². The van der Waals surface area contributed by atoms with Crippen molar-refractivity contribution in [1.29, 1.82) is 0 Å². The summed E-state index contributed by atoms with van der Waals surface area (Å²) in [5.41, 5.74) is 1.20. The Balaban J connectivity index is 1.35. The van der Waals surface area contributed by atoms with Crippen LogP contribution in [0.5, 0.6) is 0 Å². The summed E-state index contributed by atoms with van der Waals surface area (Å²) in [6.07, 6.45) is 4.71. The van der Waals surface area contributed by atoms with Gasteiger partial charge in [0.1, 0.15) is 0 Å². The summed E-state index contributed by atoms with van der Waals surface area (Å²) in [7, 11) is -3.14. The summed E-state index contributed by atoms with van der Waals surface area (Å²) in [4.78, 5) is 16.6. The molecule has 7 heteroatoms. The van der Waals surface area contributed by atoms with Crippen LogP contribution in [0, 0.1) is 0 Å². The molecule has 6 nitrogen and oxygen atoms in total. The van der Waals surface area contributed by atoms with Gasteiger partial charge in [-0.15, -0.1) is 0 Å². The molecule has 0 radical (unpaired) electrons. The topological polar surface area (TPSA) is 60.9 Å². The fraction of sp³-hybridized carbons (Fsp3) is 0.650. The van der Waals surface area contributed by atoms with Crippen LogP contribution < -0.4 is 4.90 Å². The van der Waals surface area contributed by atoms with Crippen LogP contribution in [0.25, 0.3) is 0 Å². The van der Waals surface area contributed by atoms with Gasteiger partial charge in [0, 0.05) is 51.4 Å². The Morgan fingerprint density at radius 3 is 2.19 bits per heavy atom. The van der Waals surface area contributed by atoms with E-state index < -0.39 is 10.0 Å². The van der Waals surface area contributed by atoms with Gasteiger partial charge in [-0.1, -0.05) is 24.6 Å². The standard InChI is InChI=1S/C20H31N3O3S/c24-20(11-5-8-18-27(25,26)23-12-6-2-7-13-23)22-16-14-21(15-17-22)19-9-3-1-4-10-19/h1,3-4,9-10H,2,5-8,11-18H2. The third kappa shape index (κ3) is 5.69. The Morgan fingerprint density at radius 2 is 1.52 bits per heavy atom. The third-order valence-corrected chi connectivity index (χ3v) is 7.46. The maximum Gasteiger partial charge on any atom is 0.222 e. The Kier molecular flexibility index (Phi) is 7.13. The quantitative estimate of drug-likeness (QED) is 0.667. The SMILES string of the molecule is O=C(CCCCS(=O)(=O)N1CCCCC1)N1CCN(c2ccccc2)CC1. The van der Waals surface area contributed by atoms with Crippen molar-refractivity contribution < 1.29 is 13.2 Å². The predicted molar refractivity (Wildman–Crippen MR) is 108 cm³/mol. The maximum absolute atomic E-state index is 12.4. The smallest absolute Gasteiger partial charge is 0.222 e. The lowest BCUT2D eigenvalue weighted by molar-refractivity contribution is -0.131. The van der Waals surface area contributed by atoms with Gasteiger partial charge in [-0.2, -0.15) is 0 Å². The van der Waals surface area contributed by atoms with Crippen molar-refractivity contribution in [2.75, 3.05) is 49.9 Å². The molecular formula is C20H31N3O3S. The highest BCUT2D eigenvalue weighted by Crippen LogP contribution is 2.17. The molecule has 150 valence electrons. The molecule has 1 aromatic rings. The van der Waals surface area contributed by atoms with Gasteiger partial charge >= 0.3 is 0 Å². The third-order valence-electron chi connectivity index (χ3n) is 5.51. The number of hydrogen-bond donors (Lipinski definition) is 0. The molecule has 27 heavy (non-hydrogen) atoms. The minimum absolute atomic E-state index is 0.151. The summed E-state index contributed by atoms with van der Waals surface area (Å²) in [5.74, 6) is 0.320. The van der Waals surface area contributed by atoms with Crippen molar-refractivity contribution in [3.8, 4) is 0 Å². The number of anilines is 1. The number of unbranched alkanes of at least 4 members (excludes halogenated alkanes) is 1. The number of amides is 1. The number of piperidine rings is 1. The zero-order chi connectivity index (χ0) is 19.1. The predicted octanol–water partition coefficient (Wildman–Crippen LogP) is 2.32. The number of hydrogen-bond acceptors (Lipinski definition) is 4. The molecule has 0 aromatic heterocycles. The number of sulfonamides is 1. The van der Waals surface area contributed by atoms with Crippen LogP contribution in [0.3, 0.4) is 0 Å². The zero-order valence-electron chi connectivity index (χ0n) is 16.1. The van der Waals surface area contributed by atoms with Crippen molar-refractivity contribution in [2.45, 2.75) is 38.5 Å². The molecule has 3 rings (SSSR count). The molecule has 2 fully saturated rings. The van der Waals surface area contributed by atoms with Crippen LogP contribution >= 0.6 is 0 Å². The van der Waals surface area contributed by atoms with Crippen molar-refractivity contribution in [1.82, 2.24) is 9.21 Å². The van der Waals surface area contributed by atoms with Gasteiger partial charge in [0.15, 0.2) is 0 Å². The van der Waals surface area contributed by atoms with E-state index in [4.69, 9.17) is 0 Å². The van der Waals surface area contributed by atoms with Crippen molar-refractivity contribution >= 4 is 21.6 Å². The van der Waals surface area contributed by atoms with E-state index in [-0.39, 0.29) is 11.7 Å². The van der Waals surface area contributed by atoms with E-state index in [0.717, 1.165) is 45.4 Å². The Morgan fingerprint density at radius 1 is 0.852 bits per heavy atom. The molecule has 1 amide bonds. The van der Waals surface area contributed by atoms with E-state index in [1.54, 1.807) is 4.31 Å². The number of rotatable bonds is 7. The van der Waals surface area contributed by atoms with Gasteiger partial charge in [-0.05, 0) is 37.8 Å². The summed E-state index contributed by atoms with van der Waals surface area (Å²) >= 11 is 0. The highest BCUT2D eigenvalue weighted by molar-refractivity contribution is 7.89. The monoisotopic (exact) mass is 393 g/mol. The van der Waals surface area contributed by atoms with E-state index >= 15 is 0 Å². The fourth-order valence-electron chi connectivity index (χ4n) is 3.84. The molecule has 2 heterocycles. The van der Waals surface area contributed by atoms with Gasteiger partial charge in [0.25, 0.3) is 0 Å². The second kappa shape index (κ2) is 9.55. The summed E-state index contributed by atoms with van der Waals surface area (Å²) in [5, 5.41) is 0. The lowest BCUT2D eigenvalue weighted by atomic mass is 10.2. The average molecular weight is 394 g/mol. The van der Waals surface area contributed by atoms with Gasteiger partial charge < -0.3 is 9.80 Å². The first kappa shape index (κ1) is 20.1. The zero-order valence-corrected chi connectivity index (χ0v) is 16.9. The normalized spacial score (nSPS) is 19.3. The van der Waals surface area contributed by atoms with E-state index in [0.29, 0.717) is 32.4 Å². The van der Waals surface area contributed by atoms with Crippen molar-refractivity contribution in [3.63, 3.8) is 0 Å². The van der Waals surface area contributed by atoms with E-state index in [1.165, 1.54) is 5.69 Å². The minimum atomic E-state index is -3.14. The number of benzene rings is 1. The van der Waals surface area contributed by atoms with Crippen LogP contribution in [-0.2, 0) is 14.8 Å². The molecule has 0 aliphatic carbocycles. The molecule has 0 bridgehead atoms. The number of nitrogens with zero attached hydrogens (tertiary/aromatic N) is 3. The Bertz CT molecular complexity index is 694. The molecule has 1 aromatic carbocycles. The second-order valence-electron chi connectivity index (χ2n) is 7.44. The summed E-state index contributed by atoms with van der Waals surface area (Å²) in [6, 6.07) is 10.3. The van der Waals surface area contributed by atoms with Gasteiger partial charge in [0.2, 0.25) is 15.9 Å². The van der Waals surface area contributed by atoms with E-state index in [9.17, 15) is 13.2 Å². The number of carbonyl (C=O) groups is 1. The van der Waals surface area contributed by atoms with Crippen LogP contribution in [0.1, 0.15) is 38.5 Å². The van der Waals surface area contributed by atoms with Crippen molar-refractivity contribution in [3.05, 3.63) is 30.3 Å². The molecule has 0 spiro atoms. The molecule has 2 saturated heterocycles. The number of para-hydroxylation sites is 1. The second-order valence-corrected chi connectivity index (χ2v) is 9.52. The largest absolute Gasteiger partial charge is 0.368 e. The number of carbonyl (C=O) groups excluding carboxylic acids is 1. The highest BCUT2D eigenvalue weighted by atomic mass is 32.2. The fourth-order valence-corrected chi connectivity index (χ4v) is 5.49. The Hall–Kier alpha value is -1.60. The molecule has 0 saturated carbocycles. The van der Waals surface area contributed by atoms with Crippen LogP contribution in [0.4, 0.5) is 5.69 Å². The summed E-state index contributed by atoms with van der Waals surface area (Å²) in [6.45, 7) is 4.48. The molecule has 2 aliphatic heterocycles. The Labute approximate surface area is 163 Å². The van der Waals surface area contributed by atoms with Crippen LogP contribution in [0.2, 0.25) is 0 Å². The lowest BCUT2D eigenvalue weighted by Gasteiger charge is -2.36. The molecule has 0 atom stereocenters. The highest BCUT2D eigenvalue weighted by Gasteiger charge is 2.24. The van der Waals surface area contributed by atoms with Crippen molar-refractivity contribution in [2.24, 2.45) is 0 Å². The van der Waals surface area contributed by atoms with Gasteiger partial charge in [0.05, 0.1) is 5.75 Å².